The molecule has 2 aliphatic rings. The van der Waals surface area contributed by atoms with E-state index in [1.807, 2.05) is 0 Å². The van der Waals surface area contributed by atoms with E-state index in [1.54, 1.807) is 24.3 Å². The highest BCUT2D eigenvalue weighted by atomic mass is 32.2. The van der Waals surface area contributed by atoms with Crippen molar-refractivity contribution in [3.8, 4) is 5.75 Å². The third-order valence-corrected chi connectivity index (χ3v) is 5.38. The first-order valence-electron chi connectivity index (χ1n) is 7.10. The number of para-hydroxylation sites is 1. The lowest BCUT2D eigenvalue weighted by Gasteiger charge is -2.20. The van der Waals surface area contributed by atoms with Crippen LogP contribution in [0, 0.1) is 0 Å². The fourth-order valence-corrected chi connectivity index (χ4v) is 3.96. The minimum atomic E-state index is -3.50. The van der Waals surface area contributed by atoms with E-state index in [-0.39, 0.29) is 23.1 Å². The average molecular weight is 296 g/mol. The van der Waals surface area contributed by atoms with E-state index in [9.17, 15) is 8.42 Å². The second-order valence-corrected chi connectivity index (χ2v) is 7.28. The van der Waals surface area contributed by atoms with Crippen molar-refractivity contribution in [2.45, 2.75) is 55.2 Å². The van der Waals surface area contributed by atoms with Gasteiger partial charge < -0.3 is 10.5 Å². The second kappa shape index (κ2) is 5.35. The van der Waals surface area contributed by atoms with Gasteiger partial charge in [0, 0.05) is 12.1 Å². The Bertz CT molecular complexity index is 584. The molecule has 2 unspecified atom stereocenters. The minimum Gasteiger partial charge on any atom is -0.487 e. The number of nitrogens with two attached hydrogens (primary N) is 1. The van der Waals surface area contributed by atoms with Gasteiger partial charge in [-0.2, -0.15) is 0 Å². The fourth-order valence-electron chi connectivity index (χ4n) is 2.52. The molecular formula is C14H20N2O3S. The summed E-state index contributed by atoms with van der Waals surface area (Å²) in [4.78, 5) is 0.214. The van der Waals surface area contributed by atoms with Crippen LogP contribution in [0.4, 0.5) is 0 Å². The zero-order chi connectivity index (χ0) is 14.2. The van der Waals surface area contributed by atoms with E-state index in [0.29, 0.717) is 5.75 Å². The maximum absolute atomic E-state index is 12.3. The summed E-state index contributed by atoms with van der Waals surface area (Å²) in [6.45, 7) is 0. The van der Waals surface area contributed by atoms with Crippen molar-refractivity contribution in [3.05, 3.63) is 24.3 Å². The van der Waals surface area contributed by atoms with E-state index in [4.69, 9.17) is 10.5 Å². The standard InChI is InChI=1S/C14H20N2O3S/c15-11-4-3-6-12(11)19-13-5-1-2-7-14(13)20(17,18)16-10-8-9-10/h1-2,5,7,10-12,16H,3-4,6,8-9,15H2. The Morgan fingerprint density at radius 2 is 1.90 bits per heavy atom. The van der Waals surface area contributed by atoms with Gasteiger partial charge in [-0.25, -0.2) is 13.1 Å². The van der Waals surface area contributed by atoms with Crippen molar-refractivity contribution in [1.29, 1.82) is 0 Å². The van der Waals surface area contributed by atoms with E-state index < -0.39 is 10.0 Å². The number of ether oxygens (including phenoxy) is 1. The van der Waals surface area contributed by atoms with Crippen LogP contribution in [0.15, 0.2) is 29.2 Å². The molecule has 6 heteroatoms. The van der Waals surface area contributed by atoms with E-state index in [1.165, 1.54) is 0 Å². The maximum atomic E-state index is 12.3. The first-order valence-corrected chi connectivity index (χ1v) is 8.58. The van der Waals surface area contributed by atoms with Crippen LogP contribution in [0.1, 0.15) is 32.1 Å². The van der Waals surface area contributed by atoms with Gasteiger partial charge in [0.1, 0.15) is 16.7 Å². The van der Waals surface area contributed by atoms with E-state index in [0.717, 1.165) is 32.1 Å². The highest BCUT2D eigenvalue weighted by Gasteiger charge is 2.31. The van der Waals surface area contributed by atoms with Gasteiger partial charge in [-0.15, -0.1) is 0 Å². The molecule has 5 nitrogen and oxygen atoms in total. The van der Waals surface area contributed by atoms with Crippen LogP contribution in [0.3, 0.4) is 0 Å². The first-order chi connectivity index (χ1) is 9.56. The molecule has 0 aromatic heterocycles. The Labute approximate surface area is 119 Å². The predicted octanol–water partition coefficient (Wildman–Crippen LogP) is 1.39. The van der Waals surface area contributed by atoms with Crippen LogP contribution < -0.4 is 15.2 Å². The molecule has 0 spiro atoms. The molecule has 20 heavy (non-hydrogen) atoms. The summed E-state index contributed by atoms with van der Waals surface area (Å²) >= 11 is 0. The van der Waals surface area contributed by atoms with Crippen molar-refractivity contribution >= 4 is 10.0 Å². The highest BCUT2D eigenvalue weighted by Crippen LogP contribution is 2.30. The summed E-state index contributed by atoms with van der Waals surface area (Å²) in [5.74, 6) is 0.406. The van der Waals surface area contributed by atoms with Gasteiger partial charge in [-0.1, -0.05) is 12.1 Å². The summed E-state index contributed by atoms with van der Waals surface area (Å²) < 4.78 is 33.2. The van der Waals surface area contributed by atoms with Crippen LogP contribution in [0.5, 0.6) is 5.75 Å². The number of hydrogen-bond acceptors (Lipinski definition) is 4. The lowest BCUT2D eigenvalue weighted by Crippen LogP contribution is -2.34. The van der Waals surface area contributed by atoms with Gasteiger partial charge in [0.05, 0.1) is 0 Å². The topological polar surface area (TPSA) is 81.4 Å². The van der Waals surface area contributed by atoms with Crippen molar-refractivity contribution in [3.63, 3.8) is 0 Å². The molecule has 110 valence electrons. The first kappa shape index (κ1) is 13.9. The average Bonchev–Trinajstić information content (AvgIpc) is 3.12. The molecule has 2 aliphatic carbocycles. The Morgan fingerprint density at radius 3 is 2.55 bits per heavy atom. The molecule has 2 atom stereocenters. The molecule has 1 aromatic carbocycles. The van der Waals surface area contributed by atoms with Gasteiger partial charge in [0.2, 0.25) is 10.0 Å². The molecule has 0 saturated heterocycles. The Hall–Kier alpha value is -1.11. The monoisotopic (exact) mass is 296 g/mol. The third-order valence-electron chi connectivity index (χ3n) is 3.82. The molecule has 2 saturated carbocycles. The Balaban J connectivity index is 1.83. The maximum Gasteiger partial charge on any atom is 0.244 e. The normalized spacial score (nSPS) is 26.6. The molecule has 0 amide bonds. The summed E-state index contributed by atoms with van der Waals surface area (Å²) in [5.41, 5.74) is 5.99. The molecule has 2 fully saturated rings. The third kappa shape index (κ3) is 2.97. The molecule has 3 rings (SSSR count). The van der Waals surface area contributed by atoms with Crippen LogP contribution in [-0.4, -0.2) is 26.6 Å². The lowest BCUT2D eigenvalue weighted by molar-refractivity contribution is 0.186. The van der Waals surface area contributed by atoms with E-state index >= 15 is 0 Å². The van der Waals surface area contributed by atoms with Crippen LogP contribution in [-0.2, 0) is 10.0 Å². The van der Waals surface area contributed by atoms with Crippen LogP contribution in [0.25, 0.3) is 0 Å². The lowest BCUT2D eigenvalue weighted by atomic mass is 10.2. The molecule has 1 aromatic rings. The second-order valence-electron chi connectivity index (χ2n) is 5.59. The zero-order valence-corrected chi connectivity index (χ0v) is 12.1. The number of hydrogen-bond donors (Lipinski definition) is 2. The number of nitrogens with one attached hydrogen (secondary N) is 1. The van der Waals surface area contributed by atoms with Crippen LogP contribution >= 0.6 is 0 Å². The van der Waals surface area contributed by atoms with Gasteiger partial charge in [-0.3, -0.25) is 0 Å². The summed E-state index contributed by atoms with van der Waals surface area (Å²) in [6.07, 6.45) is 4.57. The molecule has 0 heterocycles. The summed E-state index contributed by atoms with van der Waals surface area (Å²) in [5, 5.41) is 0. The summed E-state index contributed by atoms with van der Waals surface area (Å²) in [6, 6.07) is 6.85. The smallest absolute Gasteiger partial charge is 0.244 e. The number of rotatable bonds is 5. The molecular weight excluding hydrogens is 276 g/mol. The van der Waals surface area contributed by atoms with Gasteiger partial charge in [0.15, 0.2) is 0 Å². The van der Waals surface area contributed by atoms with Crippen molar-refractivity contribution in [2.75, 3.05) is 0 Å². The van der Waals surface area contributed by atoms with Crippen molar-refractivity contribution < 1.29 is 13.2 Å². The van der Waals surface area contributed by atoms with Gasteiger partial charge in [-0.05, 0) is 44.2 Å². The SMILES string of the molecule is NC1CCCC1Oc1ccccc1S(=O)(=O)NC1CC1. The van der Waals surface area contributed by atoms with E-state index in [2.05, 4.69) is 4.72 Å². The fraction of sp³-hybridized carbons (Fsp3) is 0.571. The number of benzene rings is 1. The Morgan fingerprint density at radius 1 is 1.15 bits per heavy atom. The molecule has 0 radical (unpaired) electrons. The van der Waals surface area contributed by atoms with Gasteiger partial charge >= 0.3 is 0 Å². The zero-order valence-electron chi connectivity index (χ0n) is 11.3. The highest BCUT2D eigenvalue weighted by molar-refractivity contribution is 7.89. The van der Waals surface area contributed by atoms with Crippen molar-refractivity contribution in [2.24, 2.45) is 5.73 Å². The molecule has 3 N–H and O–H groups in total. The quantitative estimate of drug-likeness (QED) is 0.860. The molecule has 0 aliphatic heterocycles. The van der Waals surface area contributed by atoms with Gasteiger partial charge in [0.25, 0.3) is 0 Å². The van der Waals surface area contributed by atoms with Crippen LogP contribution in [0.2, 0.25) is 0 Å². The predicted molar refractivity (Wildman–Crippen MR) is 76.0 cm³/mol. The largest absolute Gasteiger partial charge is 0.487 e. The Kier molecular flexibility index (Phi) is 3.70. The number of sulfonamides is 1. The molecule has 0 bridgehead atoms. The summed E-state index contributed by atoms with van der Waals surface area (Å²) in [7, 11) is -3.50. The van der Waals surface area contributed by atoms with Crippen molar-refractivity contribution in [1.82, 2.24) is 4.72 Å². The minimum absolute atomic E-state index is 0.0119.